The summed E-state index contributed by atoms with van der Waals surface area (Å²) in [6.07, 6.45) is 2.59. The Morgan fingerprint density at radius 2 is 1.77 bits per heavy atom. The third-order valence-corrected chi connectivity index (χ3v) is 4.11. The maximum Gasteiger partial charge on any atom is 0.270 e. The summed E-state index contributed by atoms with van der Waals surface area (Å²) in [7, 11) is 0. The first-order valence-electron chi connectivity index (χ1n) is 8.78. The van der Waals surface area contributed by atoms with Crippen LogP contribution in [0.3, 0.4) is 0 Å². The molecule has 0 aliphatic rings. The highest BCUT2D eigenvalue weighted by molar-refractivity contribution is 5.93. The van der Waals surface area contributed by atoms with Crippen molar-refractivity contribution >= 4 is 11.6 Å². The van der Waals surface area contributed by atoms with Crippen LogP contribution in [0.2, 0.25) is 0 Å². The molecule has 2 aromatic carbocycles. The molecular weight excluding hydrogens is 322 g/mol. The fourth-order valence-electron chi connectivity index (χ4n) is 2.76. The number of nitrogens with zero attached hydrogens (tertiary/aromatic N) is 1. The molecule has 4 nitrogen and oxygen atoms in total. The van der Waals surface area contributed by atoms with E-state index >= 15 is 0 Å². The number of benzene rings is 2. The first-order chi connectivity index (χ1) is 12.7. The molecule has 0 saturated carbocycles. The lowest BCUT2D eigenvalue weighted by molar-refractivity contribution is 0.0946. The van der Waals surface area contributed by atoms with E-state index in [4.69, 9.17) is 0 Å². The van der Waals surface area contributed by atoms with Gasteiger partial charge in [0.1, 0.15) is 5.69 Å². The number of anilines is 1. The van der Waals surface area contributed by atoms with Gasteiger partial charge in [-0.2, -0.15) is 0 Å². The van der Waals surface area contributed by atoms with E-state index in [1.165, 1.54) is 11.1 Å². The van der Waals surface area contributed by atoms with Gasteiger partial charge in [0.25, 0.3) is 5.91 Å². The number of amides is 1. The van der Waals surface area contributed by atoms with Crippen LogP contribution in [-0.2, 0) is 13.0 Å². The van der Waals surface area contributed by atoms with E-state index in [9.17, 15) is 4.79 Å². The molecule has 0 unspecified atom stereocenters. The standard InChI is InChI=1S/C22H23N3O/c1-17-6-5-9-19(14-17)16-25-22(26)21-15-20(11-13-24-21)23-12-10-18-7-3-2-4-8-18/h2-9,11,13-15H,10,12,16H2,1H3,(H,23,24)(H,25,26). The molecule has 0 saturated heterocycles. The third kappa shape index (κ3) is 5.18. The Morgan fingerprint density at radius 3 is 2.58 bits per heavy atom. The van der Waals surface area contributed by atoms with Gasteiger partial charge in [-0.1, -0.05) is 60.2 Å². The van der Waals surface area contributed by atoms with Crippen molar-refractivity contribution in [2.24, 2.45) is 0 Å². The van der Waals surface area contributed by atoms with Crippen molar-refractivity contribution in [3.63, 3.8) is 0 Å². The molecule has 1 aromatic heterocycles. The molecule has 0 spiro atoms. The van der Waals surface area contributed by atoms with Crippen LogP contribution in [0, 0.1) is 6.92 Å². The van der Waals surface area contributed by atoms with Crippen LogP contribution in [0.1, 0.15) is 27.2 Å². The first-order valence-corrected chi connectivity index (χ1v) is 8.78. The molecule has 1 heterocycles. The van der Waals surface area contributed by atoms with E-state index in [-0.39, 0.29) is 5.91 Å². The summed E-state index contributed by atoms with van der Waals surface area (Å²) in [4.78, 5) is 16.5. The summed E-state index contributed by atoms with van der Waals surface area (Å²) in [5.41, 5.74) is 4.86. The zero-order chi connectivity index (χ0) is 18.2. The molecule has 0 aliphatic heterocycles. The van der Waals surface area contributed by atoms with Crippen LogP contribution >= 0.6 is 0 Å². The van der Waals surface area contributed by atoms with Crippen molar-refractivity contribution in [3.05, 3.63) is 95.3 Å². The maximum atomic E-state index is 12.3. The van der Waals surface area contributed by atoms with Crippen molar-refractivity contribution in [1.82, 2.24) is 10.3 Å². The van der Waals surface area contributed by atoms with Gasteiger partial charge < -0.3 is 10.6 Å². The van der Waals surface area contributed by atoms with Gasteiger partial charge >= 0.3 is 0 Å². The number of hydrogen-bond acceptors (Lipinski definition) is 3. The fraction of sp³-hybridized carbons (Fsp3) is 0.182. The first kappa shape index (κ1) is 17.7. The number of aromatic nitrogens is 1. The van der Waals surface area contributed by atoms with E-state index in [1.54, 1.807) is 12.3 Å². The summed E-state index contributed by atoms with van der Waals surface area (Å²) < 4.78 is 0. The fourth-order valence-corrected chi connectivity index (χ4v) is 2.76. The highest BCUT2D eigenvalue weighted by Gasteiger charge is 2.08. The van der Waals surface area contributed by atoms with Crippen LogP contribution < -0.4 is 10.6 Å². The number of nitrogens with one attached hydrogen (secondary N) is 2. The van der Waals surface area contributed by atoms with Crippen molar-refractivity contribution in [3.8, 4) is 0 Å². The minimum Gasteiger partial charge on any atom is -0.385 e. The molecule has 0 atom stereocenters. The maximum absolute atomic E-state index is 12.3. The summed E-state index contributed by atoms with van der Waals surface area (Å²) in [5.74, 6) is -0.168. The van der Waals surface area contributed by atoms with Gasteiger partial charge in [-0.25, -0.2) is 0 Å². The van der Waals surface area contributed by atoms with E-state index < -0.39 is 0 Å². The van der Waals surface area contributed by atoms with E-state index in [0.29, 0.717) is 12.2 Å². The molecule has 26 heavy (non-hydrogen) atoms. The summed E-state index contributed by atoms with van der Waals surface area (Å²) >= 11 is 0. The molecule has 3 aromatic rings. The summed E-state index contributed by atoms with van der Waals surface area (Å²) in [6, 6.07) is 22.1. The lowest BCUT2D eigenvalue weighted by Crippen LogP contribution is -2.24. The zero-order valence-electron chi connectivity index (χ0n) is 14.9. The summed E-state index contributed by atoms with van der Waals surface area (Å²) in [6.45, 7) is 3.34. The topological polar surface area (TPSA) is 54.0 Å². The SMILES string of the molecule is Cc1cccc(CNC(=O)c2cc(NCCc3ccccc3)ccn2)c1. The Bertz CT molecular complexity index is 862. The second-order valence-electron chi connectivity index (χ2n) is 6.26. The molecular formula is C22H23N3O. The Labute approximate surface area is 154 Å². The number of hydrogen-bond donors (Lipinski definition) is 2. The molecule has 4 heteroatoms. The average molecular weight is 345 g/mol. The second-order valence-corrected chi connectivity index (χ2v) is 6.26. The highest BCUT2D eigenvalue weighted by Crippen LogP contribution is 2.09. The van der Waals surface area contributed by atoms with Crippen molar-refractivity contribution in [2.75, 3.05) is 11.9 Å². The Morgan fingerprint density at radius 1 is 0.962 bits per heavy atom. The molecule has 0 radical (unpaired) electrons. The van der Waals surface area contributed by atoms with Gasteiger partial charge in [-0.05, 0) is 36.6 Å². The molecule has 132 valence electrons. The van der Waals surface area contributed by atoms with E-state index in [0.717, 1.165) is 24.2 Å². The molecule has 1 amide bonds. The largest absolute Gasteiger partial charge is 0.385 e. The van der Waals surface area contributed by atoms with E-state index in [1.807, 2.05) is 49.4 Å². The number of pyridine rings is 1. The lowest BCUT2D eigenvalue weighted by Gasteiger charge is -2.09. The Kier molecular flexibility index (Phi) is 5.99. The smallest absolute Gasteiger partial charge is 0.270 e. The van der Waals surface area contributed by atoms with Gasteiger partial charge in [0.05, 0.1) is 0 Å². The van der Waals surface area contributed by atoms with Crippen molar-refractivity contribution in [1.29, 1.82) is 0 Å². The van der Waals surface area contributed by atoms with Gasteiger partial charge in [0.15, 0.2) is 0 Å². The number of aryl methyl sites for hydroxylation is 1. The number of carbonyl (C=O) groups is 1. The predicted molar refractivity (Wildman–Crippen MR) is 105 cm³/mol. The van der Waals surface area contributed by atoms with Crippen molar-refractivity contribution in [2.45, 2.75) is 19.9 Å². The minimum atomic E-state index is -0.168. The normalized spacial score (nSPS) is 10.3. The van der Waals surface area contributed by atoms with Gasteiger partial charge in [0.2, 0.25) is 0 Å². The van der Waals surface area contributed by atoms with Crippen molar-refractivity contribution < 1.29 is 4.79 Å². The second kappa shape index (κ2) is 8.81. The summed E-state index contributed by atoms with van der Waals surface area (Å²) in [5, 5.41) is 6.27. The van der Waals surface area contributed by atoms with Crippen LogP contribution in [0.15, 0.2) is 72.9 Å². The third-order valence-electron chi connectivity index (χ3n) is 4.11. The predicted octanol–water partition coefficient (Wildman–Crippen LogP) is 3.97. The van der Waals surface area contributed by atoms with Gasteiger partial charge in [-0.3, -0.25) is 9.78 Å². The van der Waals surface area contributed by atoms with E-state index in [2.05, 4.69) is 33.8 Å². The molecule has 0 aliphatic carbocycles. The number of carbonyl (C=O) groups excluding carboxylic acids is 1. The Hall–Kier alpha value is -3.14. The van der Waals surface area contributed by atoms with Crippen LogP contribution in [0.25, 0.3) is 0 Å². The number of rotatable bonds is 7. The van der Waals surface area contributed by atoms with Crippen LogP contribution in [0.5, 0.6) is 0 Å². The van der Waals surface area contributed by atoms with Crippen LogP contribution in [-0.4, -0.2) is 17.4 Å². The van der Waals surface area contributed by atoms with Gasteiger partial charge in [-0.15, -0.1) is 0 Å². The quantitative estimate of drug-likeness (QED) is 0.681. The zero-order valence-corrected chi connectivity index (χ0v) is 14.9. The Balaban J connectivity index is 1.53. The van der Waals surface area contributed by atoms with Gasteiger partial charge in [0, 0.05) is 25.0 Å². The average Bonchev–Trinajstić information content (AvgIpc) is 2.67. The monoisotopic (exact) mass is 345 g/mol. The molecule has 3 rings (SSSR count). The molecule has 2 N–H and O–H groups in total. The molecule has 0 fully saturated rings. The highest BCUT2D eigenvalue weighted by atomic mass is 16.1. The lowest BCUT2D eigenvalue weighted by atomic mass is 10.1. The minimum absolute atomic E-state index is 0.168. The van der Waals surface area contributed by atoms with Crippen LogP contribution in [0.4, 0.5) is 5.69 Å². The molecule has 0 bridgehead atoms.